The number of ether oxygens (including phenoxy) is 1. The van der Waals surface area contributed by atoms with Crippen molar-refractivity contribution >= 4 is 44.2 Å². The fourth-order valence-electron chi connectivity index (χ4n) is 4.52. The predicted octanol–water partition coefficient (Wildman–Crippen LogP) is 3.78. The molecule has 0 unspecified atom stereocenters. The van der Waals surface area contributed by atoms with Gasteiger partial charge in [-0.15, -0.1) is 11.3 Å². The van der Waals surface area contributed by atoms with Crippen molar-refractivity contribution < 1.29 is 25.6 Å². The molecule has 0 bridgehead atoms. The highest BCUT2D eigenvalue weighted by Gasteiger charge is 2.38. The fourth-order valence-corrected chi connectivity index (χ4v) is 6.31. The number of aromatic nitrogens is 1. The third kappa shape index (κ3) is 6.54. The number of thiazole rings is 1. The lowest BCUT2D eigenvalue weighted by molar-refractivity contribution is -0.122. The number of amides is 2. The zero-order valence-corrected chi connectivity index (χ0v) is 22.4. The number of sulfonamides is 1. The predicted molar refractivity (Wildman–Crippen MR) is 143 cm³/mol. The lowest BCUT2D eigenvalue weighted by Crippen LogP contribution is -2.47. The fraction of sp³-hybridized carbons (Fsp3) is 0.542. The molecule has 2 fully saturated rings. The minimum absolute atomic E-state index is 0. The van der Waals surface area contributed by atoms with E-state index in [1.807, 2.05) is 20.8 Å². The number of piperidine rings is 1. The summed E-state index contributed by atoms with van der Waals surface area (Å²) in [7, 11) is -3.74. The molecule has 1 atom stereocenters. The summed E-state index contributed by atoms with van der Waals surface area (Å²) in [5.74, 6) is 0.394. The average Bonchev–Trinajstić information content (AvgIpc) is 3.46. The van der Waals surface area contributed by atoms with E-state index in [0.29, 0.717) is 29.8 Å². The number of alkyl carbamates (subject to hydrolysis) is 1. The highest BCUT2D eigenvalue weighted by Crippen LogP contribution is 2.29. The van der Waals surface area contributed by atoms with Crippen molar-refractivity contribution in [3.05, 3.63) is 35.8 Å². The van der Waals surface area contributed by atoms with Crippen LogP contribution in [-0.4, -0.2) is 68.1 Å². The maximum Gasteiger partial charge on any atom is 0.407 e. The molecule has 0 saturated carbocycles. The first kappa shape index (κ1) is 26.4. The SMILES string of the molecule is CC(C)(C)OC(=O)NCC1CCN([C@H]2CCN(c3ccc(S(=O)(=O)Nc4nccs4)cc3)C2=O)CC1.[HH].[HH]. The van der Waals surface area contributed by atoms with Crippen LogP contribution in [-0.2, 0) is 19.6 Å². The molecule has 0 radical (unpaired) electrons. The summed E-state index contributed by atoms with van der Waals surface area (Å²) in [4.78, 5) is 33.1. The number of nitrogens with one attached hydrogen (secondary N) is 2. The van der Waals surface area contributed by atoms with Crippen molar-refractivity contribution in [3.8, 4) is 0 Å². The Morgan fingerprint density at radius 3 is 2.47 bits per heavy atom. The molecule has 1 aromatic heterocycles. The second-order valence-corrected chi connectivity index (χ2v) is 12.7. The molecule has 0 aliphatic carbocycles. The van der Waals surface area contributed by atoms with Gasteiger partial charge in [-0.2, -0.15) is 0 Å². The van der Waals surface area contributed by atoms with E-state index < -0.39 is 21.7 Å². The first-order valence-corrected chi connectivity index (χ1v) is 14.4. The Morgan fingerprint density at radius 1 is 1.17 bits per heavy atom. The molecule has 2 amide bonds. The van der Waals surface area contributed by atoms with Crippen LogP contribution in [0.3, 0.4) is 0 Å². The Labute approximate surface area is 219 Å². The van der Waals surface area contributed by atoms with E-state index in [-0.39, 0.29) is 19.7 Å². The normalized spacial score (nSPS) is 19.9. The number of carbonyl (C=O) groups is 2. The van der Waals surface area contributed by atoms with Crippen LogP contribution >= 0.6 is 11.3 Å². The van der Waals surface area contributed by atoms with Gasteiger partial charge in [-0.25, -0.2) is 18.2 Å². The summed E-state index contributed by atoms with van der Waals surface area (Å²) >= 11 is 1.20. The van der Waals surface area contributed by atoms with Gasteiger partial charge in [0, 0.05) is 33.2 Å². The number of anilines is 2. The molecule has 2 saturated heterocycles. The Bertz CT molecular complexity index is 1170. The first-order chi connectivity index (χ1) is 17.0. The van der Waals surface area contributed by atoms with E-state index in [0.717, 1.165) is 32.4 Å². The molecular formula is C24H37N5O5S2. The lowest BCUT2D eigenvalue weighted by Gasteiger charge is -2.35. The third-order valence-corrected chi connectivity index (χ3v) is 8.49. The van der Waals surface area contributed by atoms with Gasteiger partial charge < -0.3 is 15.0 Å². The molecule has 2 aromatic rings. The van der Waals surface area contributed by atoms with E-state index >= 15 is 0 Å². The van der Waals surface area contributed by atoms with E-state index in [1.54, 1.807) is 22.4 Å². The van der Waals surface area contributed by atoms with Gasteiger partial charge in [-0.05, 0) is 83.3 Å². The number of rotatable bonds is 7. The van der Waals surface area contributed by atoms with Crippen LogP contribution in [0.1, 0.15) is 42.9 Å². The highest BCUT2D eigenvalue weighted by molar-refractivity contribution is 7.93. The van der Waals surface area contributed by atoms with Gasteiger partial charge in [-0.1, -0.05) is 0 Å². The smallest absolute Gasteiger partial charge is 0.407 e. The van der Waals surface area contributed by atoms with Crippen LogP contribution in [0.15, 0.2) is 40.7 Å². The molecule has 3 heterocycles. The van der Waals surface area contributed by atoms with Gasteiger partial charge >= 0.3 is 6.09 Å². The Balaban J connectivity index is 0.00000253. The Hall–Kier alpha value is -2.70. The molecule has 2 aliphatic rings. The van der Waals surface area contributed by atoms with Crippen LogP contribution in [0, 0.1) is 5.92 Å². The summed E-state index contributed by atoms with van der Waals surface area (Å²) in [6.07, 6.45) is 3.66. The van der Waals surface area contributed by atoms with E-state index in [1.165, 1.54) is 29.7 Å². The molecule has 2 N–H and O–H groups in total. The summed E-state index contributed by atoms with van der Waals surface area (Å²) in [5, 5.41) is 4.85. The average molecular weight is 540 g/mol. The Morgan fingerprint density at radius 2 is 1.86 bits per heavy atom. The standard InChI is InChI=1S/C24H33N5O5S2.2H2/c1-24(2,3)34-23(31)26-16-17-8-12-28(13-9-17)20-10-14-29(21(20)30)18-4-6-19(7-5-18)36(32,33)27-22-25-11-15-35-22;;/h4-7,11,15,17,20H,8-10,12-14,16H2,1-3H3,(H,25,27)(H,26,31);2*1H/t20-;;/m0../s1. The van der Waals surface area contributed by atoms with E-state index in [4.69, 9.17) is 4.74 Å². The third-order valence-electron chi connectivity index (χ3n) is 6.31. The minimum atomic E-state index is -3.74. The second kappa shape index (κ2) is 10.7. The summed E-state index contributed by atoms with van der Waals surface area (Å²) in [5.41, 5.74) is 0.169. The van der Waals surface area contributed by atoms with Crippen molar-refractivity contribution in [1.82, 2.24) is 15.2 Å². The van der Waals surface area contributed by atoms with Crippen LogP contribution in [0.2, 0.25) is 0 Å². The Kier molecular flexibility index (Phi) is 7.86. The van der Waals surface area contributed by atoms with Crippen LogP contribution in [0.25, 0.3) is 0 Å². The van der Waals surface area contributed by atoms with Crippen LogP contribution in [0.5, 0.6) is 0 Å². The molecule has 0 spiro atoms. The molecular weight excluding hydrogens is 502 g/mol. The van der Waals surface area contributed by atoms with E-state index in [2.05, 4.69) is 19.9 Å². The maximum absolute atomic E-state index is 13.2. The zero-order valence-electron chi connectivity index (χ0n) is 20.8. The number of carbonyl (C=O) groups excluding carboxylic acids is 2. The molecule has 10 nitrogen and oxygen atoms in total. The second-order valence-electron chi connectivity index (χ2n) is 10.1. The lowest BCUT2D eigenvalue weighted by atomic mass is 9.95. The summed E-state index contributed by atoms with van der Waals surface area (Å²) < 4.78 is 32.9. The molecule has 4 rings (SSSR count). The molecule has 2 aliphatic heterocycles. The number of hydrogen-bond donors (Lipinski definition) is 2. The van der Waals surface area contributed by atoms with Crippen molar-refractivity contribution in [2.24, 2.45) is 5.92 Å². The topological polar surface area (TPSA) is 121 Å². The number of hydrogen-bond acceptors (Lipinski definition) is 8. The van der Waals surface area contributed by atoms with Crippen molar-refractivity contribution in [3.63, 3.8) is 0 Å². The highest BCUT2D eigenvalue weighted by atomic mass is 32.2. The van der Waals surface area contributed by atoms with Gasteiger partial charge in [0.2, 0.25) is 5.91 Å². The van der Waals surface area contributed by atoms with Crippen molar-refractivity contribution in [1.29, 1.82) is 0 Å². The van der Waals surface area contributed by atoms with E-state index in [9.17, 15) is 18.0 Å². The summed E-state index contributed by atoms with van der Waals surface area (Å²) in [6.45, 7) is 8.27. The number of benzene rings is 1. The molecule has 200 valence electrons. The number of nitrogens with zero attached hydrogens (tertiary/aromatic N) is 3. The van der Waals surface area contributed by atoms with Crippen molar-refractivity contribution in [2.45, 2.75) is 56.6 Å². The number of likely N-dealkylation sites (tertiary alicyclic amines) is 1. The first-order valence-electron chi connectivity index (χ1n) is 12.1. The maximum atomic E-state index is 13.2. The summed E-state index contributed by atoms with van der Waals surface area (Å²) in [6, 6.07) is 6.18. The minimum Gasteiger partial charge on any atom is -0.444 e. The van der Waals surface area contributed by atoms with Crippen LogP contribution in [0.4, 0.5) is 15.6 Å². The molecule has 12 heteroatoms. The van der Waals surface area contributed by atoms with Gasteiger partial charge in [0.15, 0.2) is 5.13 Å². The van der Waals surface area contributed by atoms with Gasteiger partial charge in [-0.3, -0.25) is 14.4 Å². The van der Waals surface area contributed by atoms with Gasteiger partial charge in [0.25, 0.3) is 10.0 Å². The molecule has 1 aromatic carbocycles. The molecule has 36 heavy (non-hydrogen) atoms. The van der Waals surface area contributed by atoms with Crippen molar-refractivity contribution in [2.75, 3.05) is 35.8 Å². The largest absolute Gasteiger partial charge is 0.444 e. The van der Waals surface area contributed by atoms with Gasteiger partial charge in [0.1, 0.15) is 5.60 Å². The monoisotopic (exact) mass is 539 g/mol. The van der Waals surface area contributed by atoms with Crippen LogP contribution < -0.4 is 14.9 Å². The quantitative estimate of drug-likeness (QED) is 0.549. The van der Waals surface area contributed by atoms with Gasteiger partial charge in [0.05, 0.1) is 10.9 Å². The zero-order chi connectivity index (χ0) is 25.9.